The van der Waals surface area contributed by atoms with Crippen molar-refractivity contribution < 1.29 is 14.3 Å². The summed E-state index contributed by atoms with van der Waals surface area (Å²) >= 11 is 0. The summed E-state index contributed by atoms with van der Waals surface area (Å²) < 4.78 is 11.9. The normalized spacial score (nSPS) is 21.2. The molecule has 23 heavy (non-hydrogen) atoms. The number of nitrogens with zero attached hydrogens (tertiary/aromatic N) is 1. The van der Waals surface area contributed by atoms with Crippen LogP contribution in [0.15, 0.2) is 24.3 Å². The van der Waals surface area contributed by atoms with Crippen molar-refractivity contribution in [2.24, 2.45) is 0 Å². The highest BCUT2D eigenvalue weighted by molar-refractivity contribution is 5.55. The van der Waals surface area contributed by atoms with E-state index in [1.54, 1.807) is 0 Å². The zero-order valence-corrected chi connectivity index (χ0v) is 13.6. The van der Waals surface area contributed by atoms with E-state index in [-0.39, 0.29) is 5.60 Å². The molecular weight excluding hydrogens is 292 g/mol. The molecule has 0 saturated carbocycles. The van der Waals surface area contributed by atoms with Gasteiger partial charge in [0.25, 0.3) is 0 Å². The number of carbonyl (C=O) groups excluding carboxylic acids is 1. The van der Waals surface area contributed by atoms with Crippen LogP contribution in [0.1, 0.15) is 18.4 Å². The van der Waals surface area contributed by atoms with Crippen LogP contribution in [-0.4, -0.2) is 62.7 Å². The van der Waals surface area contributed by atoms with Crippen LogP contribution in [0.4, 0.5) is 0 Å². The zero-order valence-electron chi connectivity index (χ0n) is 13.6. The van der Waals surface area contributed by atoms with E-state index in [9.17, 15) is 4.79 Å². The first-order chi connectivity index (χ1) is 11.3. The Hall–Kier alpha value is -1.43. The highest BCUT2D eigenvalue weighted by Gasteiger charge is 2.37. The van der Waals surface area contributed by atoms with Gasteiger partial charge in [0.1, 0.15) is 18.6 Å². The van der Waals surface area contributed by atoms with E-state index >= 15 is 0 Å². The van der Waals surface area contributed by atoms with Gasteiger partial charge in [-0.15, -0.1) is 0 Å². The summed E-state index contributed by atoms with van der Waals surface area (Å²) in [6.45, 7) is 6.47. The van der Waals surface area contributed by atoms with E-state index in [1.807, 2.05) is 24.3 Å². The minimum Gasteiger partial charge on any atom is -0.492 e. The van der Waals surface area contributed by atoms with Gasteiger partial charge in [-0.3, -0.25) is 4.90 Å². The smallest absolute Gasteiger partial charge is 0.124 e. The molecule has 1 spiro atoms. The molecule has 126 valence electrons. The molecule has 0 amide bonds. The van der Waals surface area contributed by atoms with Crippen LogP contribution in [0.3, 0.4) is 0 Å². The number of hydrogen-bond acceptors (Lipinski definition) is 5. The second-order valence-corrected chi connectivity index (χ2v) is 6.42. The van der Waals surface area contributed by atoms with Gasteiger partial charge < -0.3 is 19.6 Å². The van der Waals surface area contributed by atoms with Crippen molar-refractivity contribution in [1.82, 2.24) is 10.2 Å². The maximum Gasteiger partial charge on any atom is 0.124 e. The van der Waals surface area contributed by atoms with Crippen molar-refractivity contribution in [3.63, 3.8) is 0 Å². The number of nitrogens with one attached hydrogen (secondary N) is 1. The van der Waals surface area contributed by atoms with Gasteiger partial charge in [-0.2, -0.15) is 0 Å². The lowest BCUT2D eigenvalue weighted by Gasteiger charge is -2.45. The highest BCUT2D eigenvalue weighted by atomic mass is 16.5. The third kappa shape index (κ3) is 4.53. The van der Waals surface area contributed by atoms with Gasteiger partial charge in [-0.05, 0) is 43.6 Å². The first-order valence-corrected chi connectivity index (χ1v) is 8.52. The number of hydrogen-bond donors (Lipinski definition) is 1. The fraction of sp³-hybridized carbons (Fsp3) is 0.611. The van der Waals surface area contributed by atoms with Crippen LogP contribution in [0.2, 0.25) is 0 Å². The molecule has 0 unspecified atom stereocenters. The van der Waals surface area contributed by atoms with Crippen molar-refractivity contribution in [2.45, 2.75) is 24.9 Å². The third-order valence-electron chi connectivity index (χ3n) is 4.74. The van der Waals surface area contributed by atoms with Crippen molar-refractivity contribution in [2.75, 3.05) is 45.9 Å². The van der Waals surface area contributed by atoms with Crippen molar-refractivity contribution in [3.05, 3.63) is 29.8 Å². The van der Waals surface area contributed by atoms with Crippen LogP contribution in [0.5, 0.6) is 5.75 Å². The van der Waals surface area contributed by atoms with Crippen LogP contribution >= 0.6 is 0 Å². The second kappa shape index (κ2) is 7.90. The molecule has 0 bridgehead atoms. The Morgan fingerprint density at radius 3 is 3.04 bits per heavy atom. The van der Waals surface area contributed by atoms with E-state index in [2.05, 4.69) is 10.2 Å². The fourth-order valence-electron chi connectivity index (χ4n) is 3.45. The predicted molar refractivity (Wildman–Crippen MR) is 88.9 cm³/mol. The first-order valence-electron chi connectivity index (χ1n) is 8.52. The van der Waals surface area contributed by atoms with E-state index < -0.39 is 0 Å². The van der Waals surface area contributed by atoms with Crippen LogP contribution in [-0.2, 0) is 16.0 Å². The topological polar surface area (TPSA) is 50.8 Å². The molecule has 1 aromatic rings. The lowest BCUT2D eigenvalue weighted by Crippen LogP contribution is -2.56. The van der Waals surface area contributed by atoms with Crippen LogP contribution in [0, 0.1) is 0 Å². The molecule has 5 nitrogen and oxygen atoms in total. The minimum absolute atomic E-state index is 0.0490. The highest BCUT2D eigenvalue weighted by Crippen LogP contribution is 2.27. The van der Waals surface area contributed by atoms with E-state index in [0.29, 0.717) is 13.0 Å². The van der Waals surface area contributed by atoms with Crippen molar-refractivity contribution >= 4 is 6.29 Å². The standard InChI is InChI=1S/C18H26N2O3/c21-11-4-16-2-1-3-17(14-16)22-12-9-20-10-13-23-18(15-20)5-7-19-8-6-18/h1-3,11,14,19H,4-10,12-13,15H2. The average Bonchev–Trinajstić information content (AvgIpc) is 2.56. The van der Waals surface area contributed by atoms with E-state index in [1.165, 1.54) is 0 Å². The molecular formula is C18H26N2O3. The molecule has 3 rings (SSSR count). The van der Waals surface area contributed by atoms with Crippen LogP contribution < -0.4 is 10.1 Å². The number of rotatable bonds is 6. The number of carbonyl (C=O) groups is 1. The molecule has 0 aliphatic carbocycles. The Morgan fingerprint density at radius 2 is 2.22 bits per heavy atom. The van der Waals surface area contributed by atoms with Gasteiger partial charge in [0.15, 0.2) is 0 Å². The third-order valence-corrected chi connectivity index (χ3v) is 4.74. The lowest BCUT2D eigenvalue weighted by molar-refractivity contribution is -0.124. The Balaban J connectivity index is 1.46. The summed E-state index contributed by atoms with van der Waals surface area (Å²) in [5.74, 6) is 0.842. The molecule has 2 fully saturated rings. The summed E-state index contributed by atoms with van der Waals surface area (Å²) in [4.78, 5) is 13.0. The summed E-state index contributed by atoms with van der Waals surface area (Å²) in [6, 6.07) is 7.78. The summed E-state index contributed by atoms with van der Waals surface area (Å²) in [5, 5.41) is 3.40. The molecule has 1 N–H and O–H groups in total. The van der Waals surface area contributed by atoms with Gasteiger partial charge in [0.05, 0.1) is 12.2 Å². The lowest BCUT2D eigenvalue weighted by atomic mass is 9.90. The van der Waals surface area contributed by atoms with Crippen molar-refractivity contribution in [1.29, 1.82) is 0 Å². The molecule has 0 atom stereocenters. The first kappa shape index (κ1) is 16.4. The molecule has 0 aromatic heterocycles. The Morgan fingerprint density at radius 1 is 1.35 bits per heavy atom. The van der Waals surface area contributed by atoms with Crippen molar-refractivity contribution in [3.8, 4) is 5.75 Å². The SMILES string of the molecule is O=CCc1cccc(OCCN2CCOC3(CCNCC3)C2)c1. The largest absolute Gasteiger partial charge is 0.492 e. The molecule has 1 aromatic carbocycles. The van der Waals surface area contributed by atoms with E-state index in [0.717, 1.165) is 69.8 Å². The van der Waals surface area contributed by atoms with Crippen LogP contribution in [0.25, 0.3) is 0 Å². The van der Waals surface area contributed by atoms with Gasteiger partial charge in [0, 0.05) is 26.1 Å². The predicted octanol–water partition coefficient (Wildman–Crippen LogP) is 1.26. The second-order valence-electron chi connectivity index (χ2n) is 6.42. The molecule has 2 aliphatic rings. The number of ether oxygens (including phenoxy) is 2. The fourth-order valence-corrected chi connectivity index (χ4v) is 3.45. The zero-order chi connectivity index (χ0) is 16.0. The maximum absolute atomic E-state index is 10.6. The number of piperidine rings is 1. The summed E-state index contributed by atoms with van der Waals surface area (Å²) in [5.41, 5.74) is 1.05. The monoisotopic (exact) mass is 318 g/mol. The Kier molecular flexibility index (Phi) is 5.65. The molecule has 2 aliphatic heterocycles. The Bertz CT molecular complexity index is 509. The minimum atomic E-state index is 0.0490. The molecule has 2 heterocycles. The van der Waals surface area contributed by atoms with Gasteiger partial charge >= 0.3 is 0 Å². The molecule has 5 heteroatoms. The van der Waals surface area contributed by atoms with E-state index in [4.69, 9.17) is 9.47 Å². The average molecular weight is 318 g/mol. The summed E-state index contributed by atoms with van der Waals surface area (Å²) in [6.07, 6.45) is 3.55. The number of benzene rings is 1. The molecule has 0 radical (unpaired) electrons. The summed E-state index contributed by atoms with van der Waals surface area (Å²) in [7, 11) is 0. The Labute approximate surface area is 137 Å². The van der Waals surface area contributed by atoms with Gasteiger partial charge in [-0.1, -0.05) is 12.1 Å². The number of morpholine rings is 1. The van der Waals surface area contributed by atoms with Gasteiger partial charge in [-0.25, -0.2) is 0 Å². The molecule has 2 saturated heterocycles. The van der Waals surface area contributed by atoms with Gasteiger partial charge in [0.2, 0.25) is 0 Å². The number of aldehydes is 1. The maximum atomic E-state index is 10.6. The quantitative estimate of drug-likeness (QED) is 0.800.